The molecule has 1 unspecified atom stereocenters. The van der Waals surface area contributed by atoms with Crippen LogP contribution in [0.1, 0.15) is 39.5 Å². The predicted molar refractivity (Wildman–Crippen MR) is 64.2 cm³/mol. The number of ether oxygens (including phenoxy) is 1. The largest absolute Gasteiger partial charge is 0.465 e. The van der Waals surface area contributed by atoms with E-state index >= 15 is 0 Å². The van der Waals surface area contributed by atoms with Gasteiger partial charge in [0.1, 0.15) is 0 Å². The monoisotopic (exact) mass is 231 g/mol. The molecule has 1 atom stereocenters. The Morgan fingerprint density at radius 3 is 2.81 bits per heavy atom. The van der Waals surface area contributed by atoms with Crippen molar-refractivity contribution in [2.45, 2.75) is 39.5 Å². The smallest absolute Gasteiger partial charge is 0.319 e. The summed E-state index contributed by atoms with van der Waals surface area (Å²) in [5.74, 6) is 0.168. The van der Waals surface area contributed by atoms with Crippen LogP contribution in [0.3, 0.4) is 0 Å². The number of carbonyl (C=O) groups is 1. The number of rotatable bonds is 10. The van der Waals surface area contributed by atoms with Crippen LogP contribution in [0.2, 0.25) is 0 Å². The zero-order chi connectivity index (χ0) is 12.2. The maximum atomic E-state index is 11.1. The second-order valence-corrected chi connectivity index (χ2v) is 4.18. The van der Waals surface area contributed by atoms with E-state index in [0.29, 0.717) is 12.5 Å². The van der Waals surface area contributed by atoms with Crippen molar-refractivity contribution in [2.24, 2.45) is 5.92 Å². The van der Waals surface area contributed by atoms with E-state index < -0.39 is 0 Å². The first-order chi connectivity index (χ1) is 7.70. The van der Waals surface area contributed by atoms with Crippen LogP contribution in [0.5, 0.6) is 0 Å². The highest BCUT2D eigenvalue weighted by molar-refractivity contribution is 5.71. The van der Waals surface area contributed by atoms with E-state index in [1.807, 2.05) is 6.92 Å². The number of nitrogens with one attached hydrogen (secondary N) is 1. The Kier molecular flexibility index (Phi) is 10.5. The lowest BCUT2D eigenvalue weighted by Crippen LogP contribution is -2.26. The van der Waals surface area contributed by atoms with Crippen molar-refractivity contribution in [2.75, 3.05) is 26.3 Å². The van der Waals surface area contributed by atoms with Crippen molar-refractivity contribution in [3.8, 4) is 0 Å². The van der Waals surface area contributed by atoms with Crippen molar-refractivity contribution in [3.63, 3.8) is 0 Å². The van der Waals surface area contributed by atoms with Gasteiger partial charge >= 0.3 is 5.97 Å². The van der Waals surface area contributed by atoms with Crippen LogP contribution in [0.25, 0.3) is 0 Å². The molecule has 0 aromatic carbocycles. The minimum Gasteiger partial charge on any atom is -0.465 e. The second kappa shape index (κ2) is 10.9. The lowest BCUT2D eigenvalue weighted by Gasteiger charge is -2.08. The SMILES string of the molecule is CCCCOC(=O)CNCCCC(C)CO. The molecule has 2 N–H and O–H groups in total. The third-order valence-corrected chi connectivity index (χ3v) is 2.39. The maximum absolute atomic E-state index is 11.1. The van der Waals surface area contributed by atoms with Crippen molar-refractivity contribution in [1.82, 2.24) is 5.32 Å². The van der Waals surface area contributed by atoms with Crippen molar-refractivity contribution < 1.29 is 14.6 Å². The maximum Gasteiger partial charge on any atom is 0.319 e. The van der Waals surface area contributed by atoms with Gasteiger partial charge in [0.15, 0.2) is 0 Å². The summed E-state index contributed by atoms with van der Waals surface area (Å²) >= 11 is 0. The summed E-state index contributed by atoms with van der Waals surface area (Å²) in [6.07, 6.45) is 3.93. The molecule has 0 heterocycles. The third kappa shape index (κ3) is 9.93. The highest BCUT2D eigenvalue weighted by Crippen LogP contribution is 2.02. The number of hydrogen-bond acceptors (Lipinski definition) is 4. The molecule has 4 heteroatoms. The van der Waals surface area contributed by atoms with Gasteiger partial charge in [-0.25, -0.2) is 0 Å². The van der Waals surface area contributed by atoms with Crippen molar-refractivity contribution in [1.29, 1.82) is 0 Å². The lowest BCUT2D eigenvalue weighted by molar-refractivity contribution is -0.142. The van der Waals surface area contributed by atoms with E-state index in [-0.39, 0.29) is 19.1 Å². The fourth-order valence-corrected chi connectivity index (χ4v) is 1.24. The van der Waals surface area contributed by atoms with E-state index in [9.17, 15) is 4.79 Å². The summed E-state index contributed by atoms with van der Waals surface area (Å²) in [5.41, 5.74) is 0. The van der Waals surface area contributed by atoms with Gasteiger partial charge < -0.3 is 15.2 Å². The van der Waals surface area contributed by atoms with Gasteiger partial charge in [-0.2, -0.15) is 0 Å². The standard InChI is InChI=1S/C12H25NO3/c1-3-4-8-16-12(15)9-13-7-5-6-11(2)10-14/h11,13-14H,3-10H2,1-2H3. The van der Waals surface area contributed by atoms with Gasteiger partial charge in [0.05, 0.1) is 13.2 Å². The topological polar surface area (TPSA) is 58.6 Å². The van der Waals surface area contributed by atoms with Gasteiger partial charge in [0.2, 0.25) is 0 Å². The van der Waals surface area contributed by atoms with Crippen LogP contribution in [0.15, 0.2) is 0 Å². The number of aliphatic hydroxyl groups is 1. The Morgan fingerprint density at radius 1 is 1.44 bits per heavy atom. The van der Waals surface area contributed by atoms with Crippen LogP contribution < -0.4 is 5.32 Å². The normalized spacial score (nSPS) is 12.4. The lowest BCUT2D eigenvalue weighted by atomic mass is 10.1. The zero-order valence-corrected chi connectivity index (χ0v) is 10.5. The average Bonchev–Trinajstić information content (AvgIpc) is 2.28. The van der Waals surface area contributed by atoms with Crippen LogP contribution >= 0.6 is 0 Å². The van der Waals surface area contributed by atoms with Gasteiger partial charge in [-0.3, -0.25) is 4.79 Å². The van der Waals surface area contributed by atoms with Gasteiger partial charge in [-0.1, -0.05) is 20.3 Å². The fraction of sp³-hybridized carbons (Fsp3) is 0.917. The Hall–Kier alpha value is -0.610. The molecule has 0 aromatic heterocycles. The van der Waals surface area contributed by atoms with Crippen molar-refractivity contribution in [3.05, 3.63) is 0 Å². The van der Waals surface area contributed by atoms with Crippen LogP contribution in [0.4, 0.5) is 0 Å². The first-order valence-electron chi connectivity index (χ1n) is 6.17. The summed E-state index contributed by atoms with van der Waals surface area (Å²) in [6.45, 7) is 5.93. The molecule has 0 rings (SSSR count). The highest BCUT2D eigenvalue weighted by atomic mass is 16.5. The summed E-state index contributed by atoms with van der Waals surface area (Å²) in [7, 11) is 0. The molecule has 0 spiro atoms. The predicted octanol–water partition coefficient (Wildman–Crippen LogP) is 1.33. The molecule has 16 heavy (non-hydrogen) atoms. The highest BCUT2D eigenvalue weighted by Gasteiger charge is 2.02. The molecule has 0 saturated heterocycles. The Labute approximate surface area is 98.4 Å². The molecule has 0 aromatic rings. The minimum absolute atomic E-state index is 0.177. The van der Waals surface area contributed by atoms with Gasteiger partial charge in [0, 0.05) is 6.61 Å². The Balaban J connectivity index is 3.21. The fourth-order valence-electron chi connectivity index (χ4n) is 1.24. The molecule has 0 aliphatic heterocycles. The van der Waals surface area contributed by atoms with Gasteiger partial charge in [-0.05, 0) is 31.7 Å². The van der Waals surface area contributed by atoms with E-state index in [4.69, 9.17) is 9.84 Å². The zero-order valence-electron chi connectivity index (χ0n) is 10.5. The molecular formula is C12H25NO3. The summed E-state index contributed by atoms with van der Waals surface area (Å²) in [6, 6.07) is 0. The summed E-state index contributed by atoms with van der Waals surface area (Å²) in [4.78, 5) is 11.1. The van der Waals surface area contributed by atoms with Crippen molar-refractivity contribution >= 4 is 5.97 Å². The molecule has 0 bridgehead atoms. The summed E-state index contributed by atoms with van der Waals surface area (Å²) in [5, 5.41) is 11.8. The minimum atomic E-state index is -0.177. The van der Waals surface area contributed by atoms with Gasteiger partial charge in [0.25, 0.3) is 0 Å². The quantitative estimate of drug-likeness (QED) is 0.440. The molecule has 0 aliphatic carbocycles. The summed E-state index contributed by atoms with van der Waals surface area (Å²) < 4.78 is 4.99. The molecule has 0 fully saturated rings. The van der Waals surface area contributed by atoms with Gasteiger partial charge in [-0.15, -0.1) is 0 Å². The molecular weight excluding hydrogens is 206 g/mol. The van der Waals surface area contributed by atoms with Crippen LogP contribution in [-0.4, -0.2) is 37.4 Å². The number of esters is 1. The molecule has 0 radical (unpaired) electrons. The molecule has 0 amide bonds. The Bertz CT molecular complexity index is 174. The Morgan fingerprint density at radius 2 is 2.19 bits per heavy atom. The first-order valence-corrected chi connectivity index (χ1v) is 6.17. The third-order valence-electron chi connectivity index (χ3n) is 2.39. The number of hydrogen-bond donors (Lipinski definition) is 2. The first kappa shape index (κ1) is 15.4. The van der Waals surface area contributed by atoms with Crippen LogP contribution in [0, 0.1) is 5.92 Å². The molecule has 96 valence electrons. The number of unbranched alkanes of at least 4 members (excludes halogenated alkanes) is 1. The molecule has 0 aliphatic rings. The van der Waals surface area contributed by atoms with Crippen LogP contribution in [-0.2, 0) is 9.53 Å². The number of carbonyl (C=O) groups excluding carboxylic acids is 1. The van der Waals surface area contributed by atoms with E-state index in [0.717, 1.165) is 32.2 Å². The molecule has 0 saturated carbocycles. The molecule has 4 nitrogen and oxygen atoms in total. The average molecular weight is 231 g/mol. The number of aliphatic hydroxyl groups excluding tert-OH is 1. The van der Waals surface area contributed by atoms with E-state index in [1.54, 1.807) is 0 Å². The second-order valence-electron chi connectivity index (χ2n) is 4.18. The van der Waals surface area contributed by atoms with E-state index in [1.165, 1.54) is 0 Å². The van der Waals surface area contributed by atoms with E-state index in [2.05, 4.69) is 12.2 Å².